The van der Waals surface area contributed by atoms with E-state index in [0.29, 0.717) is 31.2 Å². The first-order chi connectivity index (χ1) is 18.6. The van der Waals surface area contributed by atoms with E-state index in [-0.39, 0.29) is 5.56 Å². The largest absolute Gasteiger partial charge is 0.456 e. The Kier molecular flexibility index (Phi) is 6.51. The molecule has 0 radical (unpaired) electrons. The van der Waals surface area contributed by atoms with Crippen molar-refractivity contribution in [2.24, 2.45) is 0 Å². The Balaban J connectivity index is 1.28. The van der Waals surface area contributed by atoms with Crippen LogP contribution in [0.3, 0.4) is 0 Å². The van der Waals surface area contributed by atoms with Crippen molar-refractivity contribution < 1.29 is 13.9 Å². The summed E-state index contributed by atoms with van der Waals surface area (Å²) in [6.45, 7) is 4.00. The van der Waals surface area contributed by atoms with Gasteiger partial charge in [-0.05, 0) is 48.9 Å². The predicted molar refractivity (Wildman–Crippen MR) is 144 cm³/mol. The molecule has 0 spiro atoms. The van der Waals surface area contributed by atoms with E-state index in [9.17, 15) is 9.18 Å². The molecule has 2 aromatic carbocycles. The van der Waals surface area contributed by atoms with Crippen molar-refractivity contribution in [3.63, 3.8) is 0 Å². The number of aryl methyl sites for hydroxylation is 1. The van der Waals surface area contributed by atoms with E-state index in [1.165, 1.54) is 0 Å². The first-order valence-corrected chi connectivity index (χ1v) is 12.7. The first kappa shape index (κ1) is 24.1. The third-order valence-corrected chi connectivity index (χ3v) is 6.87. The number of alkyl halides is 1. The van der Waals surface area contributed by atoms with Gasteiger partial charge in [-0.15, -0.1) is 0 Å². The van der Waals surface area contributed by atoms with E-state index < -0.39 is 12.7 Å². The minimum Gasteiger partial charge on any atom is -0.456 e. The van der Waals surface area contributed by atoms with Crippen LogP contribution in [0.2, 0.25) is 0 Å². The number of pyridine rings is 1. The van der Waals surface area contributed by atoms with E-state index in [0.717, 1.165) is 58.3 Å². The molecule has 1 unspecified atom stereocenters. The fourth-order valence-corrected chi connectivity index (χ4v) is 4.97. The molecule has 2 N–H and O–H groups in total. The number of ether oxygens (including phenoxy) is 2. The molecule has 0 saturated carbocycles. The number of aromatic amines is 1. The van der Waals surface area contributed by atoms with Crippen molar-refractivity contribution in [1.29, 1.82) is 0 Å². The van der Waals surface area contributed by atoms with Gasteiger partial charge in [0.05, 0.1) is 18.9 Å². The zero-order chi connectivity index (χ0) is 26.1. The molecule has 0 bridgehead atoms. The number of halogens is 1. The summed E-state index contributed by atoms with van der Waals surface area (Å²) in [4.78, 5) is 26.3. The Morgan fingerprint density at radius 1 is 1.11 bits per heavy atom. The van der Waals surface area contributed by atoms with Crippen molar-refractivity contribution in [3.05, 3.63) is 93.8 Å². The number of para-hydroxylation sites is 1. The van der Waals surface area contributed by atoms with Gasteiger partial charge < -0.3 is 24.7 Å². The lowest BCUT2D eigenvalue weighted by Crippen LogP contribution is -2.36. The summed E-state index contributed by atoms with van der Waals surface area (Å²) in [5.41, 5.74) is 5.80. The van der Waals surface area contributed by atoms with Gasteiger partial charge in [0.2, 0.25) is 5.56 Å². The quantitative estimate of drug-likeness (QED) is 0.337. The summed E-state index contributed by atoms with van der Waals surface area (Å²) < 4.78 is 25.7. The van der Waals surface area contributed by atoms with Gasteiger partial charge in [-0.2, -0.15) is 0 Å². The highest BCUT2D eigenvalue weighted by molar-refractivity contribution is 5.74. The smallest absolute Gasteiger partial charge is 0.250 e. The van der Waals surface area contributed by atoms with Crippen LogP contribution in [0.25, 0.3) is 11.3 Å². The third-order valence-electron chi connectivity index (χ3n) is 6.87. The molecule has 1 saturated heterocycles. The minimum absolute atomic E-state index is 0.159. The number of hydrogen-bond donors (Lipinski definition) is 2. The Morgan fingerprint density at radius 2 is 1.97 bits per heavy atom. The highest BCUT2D eigenvalue weighted by atomic mass is 19.1. The summed E-state index contributed by atoms with van der Waals surface area (Å²) in [7, 11) is 0. The zero-order valence-corrected chi connectivity index (χ0v) is 21.0. The van der Waals surface area contributed by atoms with Gasteiger partial charge >= 0.3 is 0 Å². The topological polar surface area (TPSA) is 92.4 Å². The molecule has 1 fully saturated rings. The molecular weight excluding hydrogens is 485 g/mol. The van der Waals surface area contributed by atoms with E-state index in [4.69, 9.17) is 9.47 Å². The number of anilines is 2. The highest BCUT2D eigenvalue weighted by Gasteiger charge is 2.23. The molecule has 38 heavy (non-hydrogen) atoms. The van der Waals surface area contributed by atoms with Gasteiger partial charge in [0.1, 0.15) is 24.2 Å². The Hall–Kier alpha value is -4.24. The van der Waals surface area contributed by atoms with Crippen LogP contribution < -0.4 is 20.5 Å². The van der Waals surface area contributed by atoms with Crippen LogP contribution in [-0.4, -0.2) is 47.9 Å². The molecule has 2 aliphatic rings. The van der Waals surface area contributed by atoms with E-state index >= 15 is 0 Å². The van der Waals surface area contributed by atoms with Crippen LogP contribution in [0.4, 0.5) is 15.8 Å². The fraction of sp³-hybridized carbons (Fsp3) is 0.276. The molecular formula is C29H28FN5O3. The van der Waals surface area contributed by atoms with Gasteiger partial charge in [0.25, 0.3) is 0 Å². The third kappa shape index (κ3) is 4.84. The molecule has 6 rings (SSSR count). The summed E-state index contributed by atoms with van der Waals surface area (Å²) in [5.74, 6) is 1.88. The number of fused-ring (bicyclic) bond motifs is 2. The average molecular weight is 514 g/mol. The first-order valence-electron chi connectivity index (χ1n) is 12.7. The van der Waals surface area contributed by atoms with Crippen LogP contribution in [0.15, 0.2) is 65.6 Å². The number of benzene rings is 2. The molecule has 4 heterocycles. The number of nitrogens with one attached hydrogen (secondary N) is 2. The van der Waals surface area contributed by atoms with E-state index in [1.807, 2.05) is 49.4 Å². The second-order valence-electron chi connectivity index (χ2n) is 9.52. The molecule has 0 aliphatic carbocycles. The molecule has 9 heteroatoms. The Bertz CT molecular complexity index is 1530. The minimum atomic E-state index is -0.646. The molecule has 4 aromatic rings. The van der Waals surface area contributed by atoms with E-state index in [2.05, 4.69) is 25.2 Å². The van der Waals surface area contributed by atoms with Gasteiger partial charge in [-0.25, -0.2) is 14.4 Å². The normalized spacial score (nSPS) is 15.3. The number of morpholine rings is 1. The number of hydrogen-bond acceptors (Lipinski definition) is 7. The predicted octanol–water partition coefficient (Wildman–Crippen LogP) is 4.80. The van der Waals surface area contributed by atoms with Crippen molar-refractivity contribution in [1.82, 2.24) is 15.0 Å². The highest BCUT2D eigenvalue weighted by Crippen LogP contribution is 2.43. The maximum Gasteiger partial charge on any atom is 0.250 e. The summed E-state index contributed by atoms with van der Waals surface area (Å²) in [5, 5.41) is 3.22. The second kappa shape index (κ2) is 10.3. The van der Waals surface area contributed by atoms with Crippen LogP contribution in [0, 0.1) is 6.92 Å². The van der Waals surface area contributed by atoms with Crippen LogP contribution in [0.5, 0.6) is 11.5 Å². The van der Waals surface area contributed by atoms with Gasteiger partial charge in [0.15, 0.2) is 5.82 Å². The summed E-state index contributed by atoms with van der Waals surface area (Å²) in [6.07, 6.45) is 2.28. The van der Waals surface area contributed by atoms with Crippen molar-refractivity contribution in [2.45, 2.75) is 19.4 Å². The number of nitrogens with zero attached hydrogens (tertiary/aromatic N) is 3. The SMILES string of the molecule is Cc1ccnc(C(CF)Nc2ccc3c(c2)Cc2cccc(-c4cc(N5CCOCC5)cc(=O)[nH]4)c2O3)n1. The van der Waals surface area contributed by atoms with Crippen LogP contribution >= 0.6 is 0 Å². The molecule has 8 nitrogen and oxygen atoms in total. The zero-order valence-electron chi connectivity index (χ0n) is 21.0. The Morgan fingerprint density at radius 3 is 2.79 bits per heavy atom. The number of aromatic nitrogens is 3. The molecule has 2 aliphatic heterocycles. The van der Waals surface area contributed by atoms with Gasteiger partial charge in [-0.3, -0.25) is 4.79 Å². The lowest BCUT2D eigenvalue weighted by molar-refractivity contribution is 0.122. The van der Waals surface area contributed by atoms with Gasteiger partial charge in [0, 0.05) is 60.0 Å². The molecule has 194 valence electrons. The molecule has 0 amide bonds. The summed E-state index contributed by atoms with van der Waals surface area (Å²) in [6, 6.07) is 16.5. The number of rotatable bonds is 6. The summed E-state index contributed by atoms with van der Waals surface area (Å²) >= 11 is 0. The lowest BCUT2D eigenvalue weighted by atomic mass is 9.96. The number of H-pyrrole nitrogens is 1. The second-order valence-corrected chi connectivity index (χ2v) is 9.52. The lowest BCUT2D eigenvalue weighted by Gasteiger charge is -2.29. The molecule has 1 atom stereocenters. The monoisotopic (exact) mass is 513 g/mol. The fourth-order valence-electron chi connectivity index (χ4n) is 4.97. The van der Waals surface area contributed by atoms with Crippen LogP contribution in [-0.2, 0) is 11.2 Å². The van der Waals surface area contributed by atoms with Crippen LogP contribution in [0.1, 0.15) is 28.7 Å². The maximum atomic E-state index is 13.9. The standard InChI is InChI=1S/C29H28FN5O3/c1-18-7-8-31-29(32-18)25(17-30)33-21-5-6-26-20(14-21)13-19-3-2-4-23(28(19)38-26)24-15-22(16-27(36)34-24)35-9-11-37-12-10-35/h2-8,14-16,25,33H,9-13,17H2,1H3,(H,34,36). The average Bonchev–Trinajstić information content (AvgIpc) is 2.94. The molecule has 2 aromatic heterocycles. The van der Waals surface area contributed by atoms with Gasteiger partial charge in [-0.1, -0.05) is 12.1 Å². The van der Waals surface area contributed by atoms with Crippen molar-refractivity contribution in [3.8, 4) is 22.8 Å². The van der Waals surface area contributed by atoms with E-state index in [1.54, 1.807) is 18.3 Å². The Labute approximate surface area is 219 Å². The maximum absolute atomic E-state index is 13.9. The van der Waals surface area contributed by atoms with Crippen molar-refractivity contribution >= 4 is 11.4 Å². The van der Waals surface area contributed by atoms with Crippen molar-refractivity contribution in [2.75, 3.05) is 43.2 Å².